The van der Waals surface area contributed by atoms with E-state index in [2.05, 4.69) is 5.32 Å². The minimum atomic E-state index is -3.61. The summed E-state index contributed by atoms with van der Waals surface area (Å²) in [4.78, 5) is 12.4. The fourth-order valence-electron chi connectivity index (χ4n) is 2.68. The number of rotatable bonds is 5. The molecule has 1 saturated heterocycles. The number of nitrogens with zero attached hydrogens (tertiary/aromatic N) is 1. The van der Waals surface area contributed by atoms with Gasteiger partial charge in [-0.2, -0.15) is 4.31 Å². The van der Waals surface area contributed by atoms with Crippen molar-refractivity contribution in [1.82, 2.24) is 9.62 Å². The van der Waals surface area contributed by atoms with Gasteiger partial charge in [0.2, 0.25) is 10.0 Å². The molecule has 0 radical (unpaired) electrons. The molecule has 25 heavy (non-hydrogen) atoms. The van der Waals surface area contributed by atoms with E-state index in [9.17, 15) is 13.2 Å². The summed E-state index contributed by atoms with van der Waals surface area (Å²) in [6, 6.07) is 5.96. The highest BCUT2D eigenvalue weighted by atomic mass is 32.2. The van der Waals surface area contributed by atoms with Crippen molar-refractivity contribution in [3.05, 3.63) is 29.8 Å². The van der Waals surface area contributed by atoms with Gasteiger partial charge in [-0.1, -0.05) is 0 Å². The highest BCUT2D eigenvalue weighted by molar-refractivity contribution is 7.89. The highest BCUT2D eigenvalue weighted by Gasteiger charge is 2.32. The number of sulfonamides is 1. The lowest BCUT2D eigenvalue weighted by molar-refractivity contribution is -0.0440. The van der Waals surface area contributed by atoms with Gasteiger partial charge in [0.1, 0.15) is 0 Å². The maximum Gasteiger partial charge on any atom is 0.251 e. The minimum absolute atomic E-state index is 0.151. The molecule has 0 aromatic heterocycles. The van der Waals surface area contributed by atoms with Gasteiger partial charge < -0.3 is 15.8 Å². The Labute approximate surface area is 149 Å². The molecular weight excluding hydrogens is 342 g/mol. The maximum absolute atomic E-state index is 12.8. The van der Waals surface area contributed by atoms with E-state index in [0.29, 0.717) is 25.2 Å². The van der Waals surface area contributed by atoms with Gasteiger partial charge in [-0.05, 0) is 52.0 Å². The Balaban J connectivity index is 2.17. The molecular formula is C17H27N3O4S. The Morgan fingerprint density at radius 1 is 1.24 bits per heavy atom. The summed E-state index contributed by atoms with van der Waals surface area (Å²) < 4.78 is 32.6. The van der Waals surface area contributed by atoms with Crippen molar-refractivity contribution in [2.45, 2.75) is 50.3 Å². The molecule has 1 aromatic carbocycles. The van der Waals surface area contributed by atoms with Gasteiger partial charge in [0.15, 0.2) is 0 Å². The molecule has 1 aliphatic heterocycles. The Hall–Kier alpha value is -1.48. The SMILES string of the molecule is CC1CN(S(=O)(=O)c2ccc(C(=O)NC(C)(C)CN)cc2)CC(C)O1. The topological polar surface area (TPSA) is 102 Å². The van der Waals surface area contributed by atoms with Gasteiger partial charge in [-0.25, -0.2) is 8.42 Å². The first-order chi connectivity index (χ1) is 11.5. The van der Waals surface area contributed by atoms with E-state index in [0.717, 1.165) is 0 Å². The van der Waals surface area contributed by atoms with Crippen molar-refractivity contribution >= 4 is 15.9 Å². The molecule has 1 aliphatic rings. The van der Waals surface area contributed by atoms with E-state index in [-0.39, 0.29) is 23.0 Å². The molecule has 1 fully saturated rings. The van der Waals surface area contributed by atoms with Crippen LogP contribution in [0.25, 0.3) is 0 Å². The largest absolute Gasteiger partial charge is 0.373 e. The molecule has 1 aromatic rings. The van der Waals surface area contributed by atoms with E-state index >= 15 is 0 Å². The van der Waals surface area contributed by atoms with Crippen LogP contribution in [-0.2, 0) is 14.8 Å². The summed E-state index contributed by atoms with van der Waals surface area (Å²) in [7, 11) is -3.61. The smallest absolute Gasteiger partial charge is 0.251 e. The van der Waals surface area contributed by atoms with Crippen LogP contribution in [0.1, 0.15) is 38.1 Å². The molecule has 2 atom stereocenters. The number of hydrogen-bond acceptors (Lipinski definition) is 5. The zero-order chi connectivity index (χ0) is 18.8. The first-order valence-corrected chi connectivity index (χ1v) is 9.77. The summed E-state index contributed by atoms with van der Waals surface area (Å²) >= 11 is 0. The number of benzene rings is 1. The number of carbonyl (C=O) groups is 1. The number of amides is 1. The molecule has 140 valence electrons. The number of ether oxygens (including phenoxy) is 1. The van der Waals surface area contributed by atoms with Crippen molar-refractivity contribution in [3.8, 4) is 0 Å². The molecule has 1 heterocycles. The molecule has 0 aliphatic carbocycles. The lowest BCUT2D eigenvalue weighted by Crippen LogP contribution is -2.49. The van der Waals surface area contributed by atoms with E-state index in [1.54, 1.807) is 0 Å². The third kappa shape index (κ3) is 4.78. The van der Waals surface area contributed by atoms with Crippen LogP contribution in [-0.4, -0.2) is 56.0 Å². The molecule has 8 heteroatoms. The average Bonchev–Trinajstić information content (AvgIpc) is 2.53. The number of nitrogens with two attached hydrogens (primary N) is 1. The Kier molecular flexibility index (Phi) is 5.88. The second-order valence-corrected chi connectivity index (χ2v) is 9.08. The maximum atomic E-state index is 12.8. The third-order valence-electron chi connectivity index (χ3n) is 4.10. The van der Waals surface area contributed by atoms with E-state index in [1.165, 1.54) is 28.6 Å². The van der Waals surface area contributed by atoms with Crippen molar-refractivity contribution < 1.29 is 17.9 Å². The first kappa shape index (κ1) is 19.8. The van der Waals surface area contributed by atoms with Crippen LogP contribution in [0.15, 0.2) is 29.2 Å². The number of hydrogen-bond donors (Lipinski definition) is 2. The molecule has 2 rings (SSSR count). The average molecular weight is 369 g/mol. The summed E-state index contributed by atoms with van der Waals surface area (Å²) in [6.45, 7) is 8.29. The third-order valence-corrected chi connectivity index (χ3v) is 5.95. The summed E-state index contributed by atoms with van der Waals surface area (Å²) in [5.74, 6) is -0.284. The molecule has 7 nitrogen and oxygen atoms in total. The highest BCUT2D eigenvalue weighted by Crippen LogP contribution is 2.21. The van der Waals surface area contributed by atoms with Crippen molar-refractivity contribution in [2.75, 3.05) is 19.6 Å². The fourth-order valence-corrected chi connectivity index (χ4v) is 4.28. The normalized spacial score (nSPS) is 22.6. The standard InChI is InChI=1S/C17H27N3O4S/c1-12-9-20(10-13(2)24-12)25(22,23)15-7-5-14(6-8-15)16(21)19-17(3,4)11-18/h5-8,12-13H,9-11,18H2,1-4H3,(H,19,21). The predicted molar refractivity (Wildman–Crippen MR) is 95.8 cm³/mol. The molecule has 2 unspecified atom stereocenters. The van der Waals surface area contributed by atoms with Gasteiger partial charge in [0.25, 0.3) is 5.91 Å². The van der Waals surface area contributed by atoms with Crippen LogP contribution < -0.4 is 11.1 Å². The van der Waals surface area contributed by atoms with Crippen LogP contribution in [0, 0.1) is 0 Å². The Morgan fingerprint density at radius 2 is 1.76 bits per heavy atom. The van der Waals surface area contributed by atoms with Gasteiger partial charge >= 0.3 is 0 Å². The Bertz CT molecular complexity index is 706. The fraction of sp³-hybridized carbons (Fsp3) is 0.588. The van der Waals surface area contributed by atoms with Crippen LogP contribution >= 0.6 is 0 Å². The predicted octanol–water partition coefficient (Wildman–Crippen LogP) is 0.952. The van der Waals surface area contributed by atoms with E-state index in [1.807, 2.05) is 27.7 Å². The minimum Gasteiger partial charge on any atom is -0.373 e. The van der Waals surface area contributed by atoms with Crippen LogP contribution in [0.3, 0.4) is 0 Å². The molecule has 0 bridgehead atoms. The first-order valence-electron chi connectivity index (χ1n) is 8.33. The van der Waals surface area contributed by atoms with Crippen molar-refractivity contribution in [1.29, 1.82) is 0 Å². The van der Waals surface area contributed by atoms with Gasteiger partial charge in [0, 0.05) is 30.7 Å². The summed E-state index contributed by atoms with van der Waals surface area (Å²) in [6.07, 6.45) is -0.302. The van der Waals surface area contributed by atoms with Crippen LogP contribution in [0.4, 0.5) is 0 Å². The van der Waals surface area contributed by atoms with E-state index < -0.39 is 15.6 Å². The number of nitrogens with one attached hydrogen (secondary N) is 1. The quantitative estimate of drug-likeness (QED) is 0.805. The van der Waals surface area contributed by atoms with Crippen molar-refractivity contribution in [2.24, 2.45) is 5.73 Å². The number of carbonyl (C=O) groups excluding carboxylic acids is 1. The molecule has 1 amide bonds. The van der Waals surface area contributed by atoms with Gasteiger partial charge in [-0.15, -0.1) is 0 Å². The summed E-state index contributed by atoms with van der Waals surface area (Å²) in [5.41, 5.74) is 5.48. The van der Waals surface area contributed by atoms with E-state index in [4.69, 9.17) is 10.5 Å². The van der Waals surface area contributed by atoms with Crippen molar-refractivity contribution in [3.63, 3.8) is 0 Å². The lowest BCUT2D eigenvalue weighted by atomic mass is 10.1. The zero-order valence-corrected chi connectivity index (χ0v) is 16.0. The molecule has 3 N–H and O–H groups in total. The zero-order valence-electron chi connectivity index (χ0n) is 15.2. The number of morpholine rings is 1. The van der Waals surface area contributed by atoms with Gasteiger partial charge in [-0.3, -0.25) is 4.79 Å². The van der Waals surface area contributed by atoms with Crippen LogP contribution in [0.2, 0.25) is 0 Å². The monoisotopic (exact) mass is 369 g/mol. The van der Waals surface area contributed by atoms with Crippen LogP contribution in [0.5, 0.6) is 0 Å². The second kappa shape index (κ2) is 7.41. The summed E-state index contributed by atoms with van der Waals surface area (Å²) in [5, 5.41) is 2.82. The van der Waals surface area contributed by atoms with Gasteiger partial charge in [0.05, 0.1) is 17.1 Å². The molecule has 0 saturated carbocycles. The lowest BCUT2D eigenvalue weighted by Gasteiger charge is -2.34. The Morgan fingerprint density at radius 3 is 2.24 bits per heavy atom. The second-order valence-electron chi connectivity index (χ2n) is 7.15. The molecule has 0 spiro atoms.